The number of hydrogen-bond acceptors (Lipinski definition) is 4. The first-order chi connectivity index (χ1) is 14.6. The Labute approximate surface area is 179 Å². The SMILES string of the molecule is O=C(c1ccn(COc2ccccc2)n1)N1CCN(Cc2c(F)cccc2Cl)CC1. The standard InChI is InChI=1S/C22H22ClFN4O2/c23-19-7-4-8-20(24)18(19)15-26-11-13-27(14-12-26)22(29)21-9-10-28(25-21)16-30-17-5-2-1-3-6-17/h1-10H,11-16H2. The summed E-state index contributed by atoms with van der Waals surface area (Å²) in [6.45, 7) is 3.06. The quantitative estimate of drug-likeness (QED) is 0.601. The topological polar surface area (TPSA) is 50.6 Å². The molecule has 0 spiro atoms. The molecule has 4 rings (SSSR count). The van der Waals surface area contributed by atoms with Gasteiger partial charge in [-0.3, -0.25) is 9.69 Å². The summed E-state index contributed by atoms with van der Waals surface area (Å²) in [5, 5.41) is 4.76. The normalized spacial score (nSPS) is 14.7. The van der Waals surface area contributed by atoms with Gasteiger partial charge in [-0.25, -0.2) is 9.07 Å². The van der Waals surface area contributed by atoms with Crippen molar-refractivity contribution >= 4 is 17.5 Å². The highest BCUT2D eigenvalue weighted by Crippen LogP contribution is 2.21. The van der Waals surface area contributed by atoms with Gasteiger partial charge in [-0.05, 0) is 30.3 Å². The Bertz CT molecular complexity index is 983. The molecule has 1 amide bonds. The van der Waals surface area contributed by atoms with E-state index >= 15 is 0 Å². The molecule has 1 fully saturated rings. The number of hydrogen-bond donors (Lipinski definition) is 0. The van der Waals surface area contributed by atoms with E-state index in [4.69, 9.17) is 16.3 Å². The lowest BCUT2D eigenvalue weighted by Gasteiger charge is -2.34. The third-order valence-electron chi connectivity index (χ3n) is 5.07. The first-order valence-corrected chi connectivity index (χ1v) is 10.1. The van der Waals surface area contributed by atoms with Crippen LogP contribution in [0.5, 0.6) is 5.75 Å². The molecule has 1 aliphatic heterocycles. The first-order valence-electron chi connectivity index (χ1n) is 9.76. The molecule has 1 aliphatic rings. The number of piperazine rings is 1. The Balaban J connectivity index is 1.30. The van der Waals surface area contributed by atoms with Crippen molar-refractivity contribution in [3.8, 4) is 5.75 Å². The Morgan fingerprint density at radius 2 is 1.80 bits per heavy atom. The largest absolute Gasteiger partial charge is 0.471 e. The van der Waals surface area contributed by atoms with Crippen LogP contribution in [0.2, 0.25) is 5.02 Å². The van der Waals surface area contributed by atoms with Gasteiger partial charge >= 0.3 is 0 Å². The highest BCUT2D eigenvalue weighted by atomic mass is 35.5. The number of rotatable bonds is 6. The number of benzene rings is 2. The van der Waals surface area contributed by atoms with Crippen molar-refractivity contribution < 1.29 is 13.9 Å². The third-order valence-corrected chi connectivity index (χ3v) is 5.42. The average Bonchev–Trinajstić information content (AvgIpc) is 3.25. The van der Waals surface area contributed by atoms with E-state index in [-0.39, 0.29) is 18.5 Å². The summed E-state index contributed by atoms with van der Waals surface area (Å²) in [5.74, 6) is 0.327. The number of carbonyl (C=O) groups excluding carboxylic acids is 1. The zero-order valence-electron chi connectivity index (χ0n) is 16.4. The fraction of sp³-hybridized carbons (Fsp3) is 0.273. The molecule has 2 aromatic carbocycles. The van der Waals surface area contributed by atoms with Crippen LogP contribution in [0.1, 0.15) is 16.1 Å². The van der Waals surface area contributed by atoms with E-state index < -0.39 is 0 Å². The van der Waals surface area contributed by atoms with Crippen LogP contribution in [-0.4, -0.2) is 51.7 Å². The maximum atomic E-state index is 14.0. The highest BCUT2D eigenvalue weighted by Gasteiger charge is 2.24. The average molecular weight is 429 g/mol. The molecular weight excluding hydrogens is 407 g/mol. The second-order valence-corrected chi connectivity index (χ2v) is 7.50. The Hall–Kier alpha value is -2.90. The number of nitrogens with zero attached hydrogens (tertiary/aromatic N) is 4. The number of carbonyl (C=O) groups is 1. The smallest absolute Gasteiger partial charge is 0.274 e. The van der Waals surface area contributed by atoms with Gasteiger partial charge in [-0.2, -0.15) is 5.10 Å². The number of halogens is 2. The third kappa shape index (κ3) is 4.80. The lowest BCUT2D eigenvalue weighted by atomic mass is 10.1. The maximum absolute atomic E-state index is 14.0. The van der Waals surface area contributed by atoms with Crippen molar-refractivity contribution in [2.24, 2.45) is 0 Å². The van der Waals surface area contributed by atoms with Crippen LogP contribution in [0.15, 0.2) is 60.8 Å². The van der Waals surface area contributed by atoms with Crippen LogP contribution in [0.4, 0.5) is 4.39 Å². The summed E-state index contributed by atoms with van der Waals surface area (Å²) in [5.41, 5.74) is 0.883. The molecule has 0 bridgehead atoms. The minimum absolute atomic E-state index is 0.114. The van der Waals surface area contributed by atoms with E-state index in [2.05, 4.69) is 10.00 Å². The Kier molecular flexibility index (Phi) is 6.30. The van der Waals surface area contributed by atoms with Crippen molar-refractivity contribution in [3.63, 3.8) is 0 Å². The van der Waals surface area contributed by atoms with Gasteiger partial charge in [0, 0.05) is 49.5 Å². The van der Waals surface area contributed by atoms with Crippen molar-refractivity contribution in [1.82, 2.24) is 19.6 Å². The van der Waals surface area contributed by atoms with Crippen LogP contribution in [0.3, 0.4) is 0 Å². The summed E-state index contributed by atoms with van der Waals surface area (Å²) in [6, 6.07) is 15.8. The van der Waals surface area contributed by atoms with Crippen molar-refractivity contribution in [1.29, 1.82) is 0 Å². The van der Waals surface area contributed by atoms with E-state index in [1.54, 1.807) is 34.0 Å². The maximum Gasteiger partial charge on any atom is 0.274 e. The number of amides is 1. The highest BCUT2D eigenvalue weighted by molar-refractivity contribution is 6.31. The molecule has 0 N–H and O–H groups in total. The first kappa shape index (κ1) is 20.4. The molecule has 8 heteroatoms. The molecule has 2 heterocycles. The molecule has 156 valence electrons. The van der Waals surface area contributed by atoms with Crippen LogP contribution in [0, 0.1) is 5.82 Å². The molecule has 30 heavy (non-hydrogen) atoms. The van der Waals surface area contributed by atoms with Crippen molar-refractivity contribution in [2.45, 2.75) is 13.3 Å². The van der Waals surface area contributed by atoms with Gasteiger partial charge in [-0.1, -0.05) is 35.9 Å². The van der Waals surface area contributed by atoms with Crippen molar-refractivity contribution in [3.05, 3.63) is 82.9 Å². The predicted molar refractivity (Wildman–Crippen MR) is 112 cm³/mol. The molecule has 1 saturated heterocycles. The van der Waals surface area contributed by atoms with Crippen molar-refractivity contribution in [2.75, 3.05) is 26.2 Å². The summed E-state index contributed by atoms with van der Waals surface area (Å²) in [7, 11) is 0. The molecule has 0 radical (unpaired) electrons. The number of aromatic nitrogens is 2. The summed E-state index contributed by atoms with van der Waals surface area (Å²) >= 11 is 6.12. The van der Waals surface area contributed by atoms with Gasteiger partial charge in [-0.15, -0.1) is 0 Å². The van der Waals surface area contributed by atoms with E-state index in [1.807, 2.05) is 30.3 Å². The van der Waals surface area contributed by atoms with Crippen LogP contribution >= 0.6 is 11.6 Å². The van der Waals surface area contributed by atoms with Gasteiger partial charge in [0.25, 0.3) is 5.91 Å². The lowest BCUT2D eigenvalue weighted by molar-refractivity contribution is 0.0619. The summed E-state index contributed by atoms with van der Waals surface area (Å²) in [6.07, 6.45) is 1.73. The van der Waals surface area contributed by atoms with Gasteiger partial charge < -0.3 is 9.64 Å². The molecule has 0 aliphatic carbocycles. The second-order valence-electron chi connectivity index (χ2n) is 7.10. The van der Waals surface area contributed by atoms with Gasteiger partial charge in [0.05, 0.1) is 0 Å². The van der Waals surface area contributed by atoms with Crippen LogP contribution in [-0.2, 0) is 13.3 Å². The zero-order chi connectivity index (χ0) is 20.9. The fourth-order valence-electron chi connectivity index (χ4n) is 3.38. The zero-order valence-corrected chi connectivity index (χ0v) is 17.1. The molecule has 6 nitrogen and oxygen atoms in total. The summed E-state index contributed by atoms with van der Waals surface area (Å²) in [4.78, 5) is 16.6. The van der Waals surface area contributed by atoms with Crippen LogP contribution in [0.25, 0.3) is 0 Å². The van der Waals surface area contributed by atoms with E-state index in [0.29, 0.717) is 49.0 Å². The Morgan fingerprint density at radius 1 is 1.03 bits per heavy atom. The van der Waals surface area contributed by atoms with E-state index in [0.717, 1.165) is 5.75 Å². The Morgan fingerprint density at radius 3 is 2.53 bits per heavy atom. The minimum atomic E-state index is -0.302. The minimum Gasteiger partial charge on any atom is -0.471 e. The van der Waals surface area contributed by atoms with E-state index in [9.17, 15) is 9.18 Å². The molecule has 3 aromatic rings. The fourth-order valence-corrected chi connectivity index (χ4v) is 3.61. The number of para-hydroxylation sites is 1. The summed E-state index contributed by atoms with van der Waals surface area (Å²) < 4.78 is 21.3. The van der Waals surface area contributed by atoms with Crippen LogP contribution < -0.4 is 4.74 Å². The monoisotopic (exact) mass is 428 g/mol. The molecule has 1 aromatic heterocycles. The van der Waals surface area contributed by atoms with E-state index in [1.165, 1.54) is 6.07 Å². The van der Waals surface area contributed by atoms with Gasteiger partial charge in [0.15, 0.2) is 12.4 Å². The predicted octanol–water partition coefficient (Wildman–Crippen LogP) is 3.67. The molecule has 0 atom stereocenters. The van der Waals surface area contributed by atoms with Gasteiger partial charge in [0.2, 0.25) is 0 Å². The molecular formula is C22H22ClFN4O2. The second kappa shape index (κ2) is 9.28. The van der Waals surface area contributed by atoms with Gasteiger partial charge in [0.1, 0.15) is 11.6 Å². The molecule has 0 saturated carbocycles. The number of ether oxygens (including phenoxy) is 1. The molecule has 0 unspecified atom stereocenters. The lowest BCUT2D eigenvalue weighted by Crippen LogP contribution is -2.48.